The average Bonchev–Trinajstić information content (AvgIpc) is 2.93. The first-order valence-corrected chi connectivity index (χ1v) is 7.22. The fourth-order valence-corrected chi connectivity index (χ4v) is 2.10. The number of hydrogen-bond acceptors (Lipinski definition) is 4. The van der Waals surface area contributed by atoms with Gasteiger partial charge >= 0.3 is 6.03 Å². The summed E-state index contributed by atoms with van der Waals surface area (Å²) < 4.78 is 10.1. The van der Waals surface area contributed by atoms with Gasteiger partial charge in [0.1, 0.15) is 0 Å². The number of ether oxygens (including phenoxy) is 2. The monoisotopic (exact) mass is 307 g/mol. The zero-order chi connectivity index (χ0) is 15.8. The maximum Gasteiger partial charge on any atom is 0.321 e. The molecule has 1 heterocycles. The minimum atomic E-state index is -0.125. The molecule has 2 N–H and O–H groups in total. The number of benzene rings is 1. The molecule has 22 heavy (non-hydrogen) atoms. The van der Waals surface area contributed by atoms with Crippen LogP contribution in [-0.4, -0.2) is 52.0 Å². The van der Waals surface area contributed by atoms with E-state index in [1.165, 1.54) is 0 Å². The first-order chi connectivity index (χ1) is 10.7. The van der Waals surface area contributed by atoms with Crippen LogP contribution < -0.4 is 15.5 Å². The molecule has 1 aliphatic rings. The molecule has 7 nitrogen and oxygen atoms in total. The van der Waals surface area contributed by atoms with Gasteiger partial charge in [-0.1, -0.05) is 6.07 Å². The summed E-state index contributed by atoms with van der Waals surface area (Å²) in [5, 5.41) is 5.55. The van der Waals surface area contributed by atoms with Crippen LogP contribution >= 0.6 is 0 Å². The number of urea groups is 1. The van der Waals surface area contributed by atoms with Crippen molar-refractivity contribution in [1.82, 2.24) is 5.32 Å². The van der Waals surface area contributed by atoms with Gasteiger partial charge in [0.25, 0.3) is 0 Å². The molecule has 0 unspecified atom stereocenters. The molecule has 2 rings (SSSR count). The number of hydrogen-bond donors (Lipinski definition) is 2. The Bertz CT molecular complexity index is 521. The number of nitrogens with zero attached hydrogens (tertiary/aromatic N) is 1. The van der Waals surface area contributed by atoms with E-state index in [2.05, 4.69) is 10.6 Å². The Balaban J connectivity index is 1.82. The van der Waals surface area contributed by atoms with Crippen molar-refractivity contribution >= 4 is 23.3 Å². The Hall–Kier alpha value is -2.12. The molecule has 0 atom stereocenters. The van der Waals surface area contributed by atoms with Crippen LogP contribution in [0.1, 0.15) is 6.42 Å². The second-order valence-electron chi connectivity index (χ2n) is 4.84. The fraction of sp³-hybridized carbons (Fsp3) is 0.467. The summed E-state index contributed by atoms with van der Waals surface area (Å²) in [5.74, 6) is -0.125. The Labute approximate surface area is 129 Å². The van der Waals surface area contributed by atoms with E-state index < -0.39 is 0 Å². The summed E-state index contributed by atoms with van der Waals surface area (Å²) in [6, 6.07) is 7.12. The third kappa shape index (κ3) is 4.71. The van der Waals surface area contributed by atoms with Crippen LogP contribution in [0.25, 0.3) is 0 Å². The van der Waals surface area contributed by atoms with Crippen molar-refractivity contribution in [3.8, 4) is 0 Å². The Morgan fingerprint density at radius 1 is 1.36 bits per heavy atom. The third-order valence-electron chi connectivity index (χ3n) is 3.20. The highest BCUT2D eigenvalue weighted by atomic mass is 16.5. The van der Waals surface area contributed by atoms with Gasteiger partial charge in [-0.15, -0.1) is 0 Å². The molecule has 3 amide bonds. The first kappa shape index (κ1) is 16.3. The van der Waals surface area contributed by atoms with Crippen LogP contribution in [0, 0.1) is 0 Å². The molecule has 0 radical (unpaired) electrons. The summed E-state index contributed by atoms with van der Waals surface area (Å²) >= 11 is 0. The zero-order valence-corrected chi connectivity index (χ0v) is 12.6. The number of methoxy groups -OCH3 is 1. The predicted molar refractivity (Wildman–Crippen MR) is 83.1 cm³/mol. The lowest BCUT2D eigenvalue weighted by Gasteiger charge is -2.15. The predicted octanol–water partition coefficient (Wildman–Crippen LogP) is 1.21. The summed E-state index contributed by atoms with van der Waals surface area (Å²) in [6.07, 6.45) is 0.276. The van der Waals surface area contributed by atoms with Crippen LogP contribution in [0.4, 0.5) is 16.2 Å². The molecule has 0 spiro atoms. The van der Waals surface area contributed by atoms with Crippen LogP contribution in [-0.2, 0) is 14.3 Å². The van der Waals surface area contributed by atoms with Crippen molar-refractivity contribution in [2.45, 2.75) is 6.42 Å². The topological polar surface area (TPSA) is 79.9 Å². The quantitative estimate of drug-likeness (QED) is 0.707. The van der Waals surface area contributed by atoms with Crippen molar-refractivity contribution in [3.63, 3.8) is 0 Å². The van der Waals surface area contributed by atoms with Crippen LogP contribution in [0.5, 0.6) is 0 Å². The highest BCUT2D eigenvalue weighted by molar-refractivity contribution is 5.96. The number of carbonyl (C=O) groups excluding carboxylic acids is 2. The van der Waals surface area contributed by atoms with Crippen molar-refractivity contribution < 1.29 is 19.1 Å². The highest BCUT2D eigenvalue weighted by Crippen LogP contribution is 2.21. The van der Waals surface area contributed by atoms with Gasteiger partial charge in [-0.05, 0) is 18.2 Å². The van der Waals surface area contributed by atoms with E-state index in [1.807, 2.05) is 12.1 Å². The summed E-state index contributed by atoms with van der Waals surface area (Å²) in [6.45, 7) is 2.60. The lowest BCUT2D eigenvalue weighted by molar-refractivity contribution is -0.117. The normalized spacial score (nSPS) is 14.0. The number of amides is 3. The number of nitrogens with one attached hydrogen (secondary N) is 2. The Morgan fingerprint density at radius 3 is 2.95 bits per heavy atom. The number of rotatable bonds is 8. The van der Waals surface area contributed by atoms with Gasteiger partial charge < -0.3 is 20.1 Å². The number of anilines is 2. The van der Waals surface area contributed by atoms with Crippen molar-refractivity contribution in [3.05, 3.63) is 24.3 Å². The van der Waals surface area contributed by atoms with Gasteiger partial charge in [0.15, 0.2) is 0 Å². The van der Waals surface area contributed by atoms with Gasteiger partial charge in [-0.2, -0.15) is 0 Å². The molecule has 0 bridgehead atoms. The summed E-state index contributed by atoms with van der Waals surface area (Å²) in [5.41, 5.74) is 1.43. The van der Waals surface area contributed by atoms with E-state index in [-0.39, 0.29) is 18.4 Å². The largest absolute Gasteiger partial charge is 0.382 e. The molecule has 1 aromatic carbocycles. The Kier molecular flexibility index (Phi) is 6.17. The van der Waals surface area contributed by atoms with E-state index in [1.54, 1.807) is 24.1 Å². The van der Waals surface area contributed by atoms with Crippen LogP contribution in [0.2, 0.25) is 0 Å². The van der Waals surface area contributed by atoms with E-state index in [4.69, 9.17) is 9.47 Å². The van der Waals surface area contributed by atoms with Gasteiger partial charge in [-0.25, -0.2) is 4.79 Å². The van der Waals surface area contributed by atoms with E-state index >= 15 is 0 Å². The molecular weight excluding hydrogens is 286 g/mol. The lowest BCUT2D eigenvalue weighted by Crippen LogP contribution is -2.27. The molecule has 1 saturated heterocycles. The van der Waals surface area contributed by atoms with Gasteiger partial charge in [0.2, 0.25) is 5.91 Å². The Morgan fingerprint density at radius 2 is 2.23 bits per heavy atom. The molecule has 0 aliphatic carbocycles. The second kappa shape index (κ2) is 8.35. The molecule has 1 aliphatic heterocycles. The summed E-state index contributed by atoms with van der Waals surface area (Å²) in [4.78, 5) is 25.1. The van der Waals surface area contributed by atoms with Gasteiger partial charge in [-0.3, -0.25) is 9.69 Å². The number of carbonyl (C=O) groups is 2. The molecule has 1 fully saturated rings. The molecule has 120 valence electrons. The minimum absolute atomic E-state index is 0.116. The van der Waals surface area contributed by atoms with Crippen LogP contribution in [0.3, 0.4) is 0 Å². The zero-order valence-electron chi connectivity index (χ0n) is 12.6. The van der Waals surface area contributed by atoms with Gasteiger partial charge in [0, 0.05) is 31.6 Å². The van der Waals surface area contributed by atoms with Crippen LogP contribution in [0.15, 0.2) is 24.3 Å². The smallest absolute Gasteiger partial charge is 0.321 e. The SMILES string of the molecule is COCCOCCC(=O)Nc1cccc(N2CCNC2=O)c1. The fourth-order valence-electron chi connectivity index (χ4n) is 2.10. The van der Waals surface area contributed by atoms with Crippen molar-refractivity contribution in [1.29, 1.82) is 0 Å². The third-order valence-corrected chi connectivity index (χ3v) is 3.20. The van der Waals surface area contributed by atoms with Gasteiger partial charge in [0.05, 0.1) is 26.2 Å². The van der Waals surface area contributed by atoms with Crippen molar-refractivity contribution in [2.24, 2.45) is 0 Å². The standard InChI is InChI=1S/C15H21N3O4/c1-21-9-10-22-8-5-14(19)17-12-3-2-4-13(11-12)18-7-6-16-15(18)20/h2-4,11H,5-10H2,1H3,(H,16,20)(H,17,19). The molecule has 0 saturated carbocycles. The second-order valence-corrected chi connectivity index (χ2v) is 4.84. The van der Waals surface area contributed by atoms with Crippen molar-refractivity contribution in [2.75, 3.05) is 50.2 Å². The molecule has 7 heteroatoms. The van der Waals surface area contributed by atoms with E-state index in [9.17, 15) is 9.59 Å². The average molecular weight is 307 g/mol. The maximum absolute atomic E-state index is 11.8. The molecule has 0 aromatic heterocycles. The maximum atomic E-state index is 11.8. The highest BCUT2D eigenvalue weighted by Gasteiger charge is 2.21. The van der Waals surface area contributed by atoms with E-state index in [0.717, 1.165) is 5.69 Å². The first-order valence-electron chi connectivity index (χ1n) is 7.22. The lowest BCUT2D eigenvalue weighted by atomic mass is 10.2. The molecule has 1 aromatic rings. The summed E-state index contributed by atoms with van der Waals surface area (Å²) in [7, 11) is 1.60. The van der Waals surface area contributed by atoms with E-state index in [0.29, 0.717) is 38.6 Å². The molecular formula is C15H21N3O4. The minimum Gasteiger partial charge on any atom is -0.382 e.